The van der Waals surface area contributed by atoms with Crippen LogP contribution in [0.15, 0.2) is 70.1 Å². The molecule has 1 amide bonds. The number of anilines is 2. The molecule has 0 fully saturated rings. The molecule has 2 aromatic carbocycles. The number of para-hydroxylation sites is 1. The zero-order chi connectivity index (χ0) is 19.4. The smallest absolute Gasteiger partial charge is 0.294 e. The lowest BCUT2D eigenvalue weighted by atomic mass is 10.3. The number of rotatable bonds is 6. The van der Waals surface area contributed by atoms with Crippen LogP contribution in [0.1, 0.15) is 23.2 Å². The molecule has 8 heteroatoms. The largest absolute Gasteiger partial charge is 0.351 e. The van der Waals surface area contributed by atoms with Crippen molar-refractivity contribution in [2.24, 2.45) is 0 Å². The van der Waals surface area contributed by atoms with Crippen molar-refractivity contribution in [3.63, 3.8) is 0 Å². The summed E-state index contributed by atoms with van der Waals surface area (Å²) in [6.45, 7) is 3.79. The monoisotopic (exact) mass is 385 g/mol. The van der Waals surface area contributed by atoms with Gasteiger partial charge in [0, 0.05) is 18.3 Å². The molecule has 0 radical (unpaired) electrons. The molecule has 0 unspecified atom stereocenters. The number of nitrogens with zero attached hydrogens (tertiary/aromatic N) is 2. The molecule has 0 saturated heterocycles. The second-order valence-corrected chi connectivity index (χ2v) is 7.68. The molecule has 0 atom stereocenters. The summed E-state index contributed by atoms with van der Waals surface area (Å²) in [7, 11) is -3.71. The fraction of sp³-hybridized carbons (Fsp3) is 0.158. The van der Waals surface area contributed by atoms with Crippen LogP contribution in [0.3, 0.4) is 0 Å². The van der Waals surface area contributed by atoms with Crippen molar-refractivity contribution in [3.05, 3.63) is 72.1 Å². The van der Waals surface area contributed by atoms with Crippen LogP contribution in [0.5, 0.6) is 0 Å². The molecule has 3 rings (SSSR count). The van der Waals surface area contributed by atoms with Crippen molar-refractivity contribution in [1.82, 2.24) is 5.16 Å². The number of nitrogens with one attached hydrogen (secondary N) is 1. The highest BCUT2D eigenvalue weighted by molar-refractivity contribution is 7.92. The summed E-state index contributed by atoms with van der Waals surface area (Å²) in [5, 5.41) is 6.31. The predicted octanol–water partition coefficient (Wildman–Crippen LogP) is 3.45. The Morgan fingerprint density at radius 1 is 1.11 bits per heavy atom. The first kappa shape index (κ1) is 18.7. The van der Waals surface area contributed by atoms with Gasteiger partial charge in [0.25, 0.3) is 15.9 Å². The van der Waals surface area contributed by atoms with Crippen LogP contribution in [0.4, 0.5) is 11.4 Å². The zero-order valence-corrected chi connectivity index (χ0v) is 15.7. The molecule has 0 saturated carbocycles. The van der Waals surface area contributed by atoms with E-state index in [1.165, 1.54) is 34.6 Å². The molecule has 0 aliphatic carbocycles. The van der Waals surface area contributed by atoms with Crippen LogP contribution in [-0.4, -0.2) is 26.0 Å². The third-order valence-electron chi connectivity index (χ3n) is 3.88. The van der Waals surface area contributed by atoms with E-state index in [1.54, 1.807) is 38.1 Å². The van der Waals surface area contributed by atoms with E-state index in [0.29, 0.717) is 23.6 Å². The number of amides is 1. The van der Waals surface area contributed by atoms with Crippen LogP contribution in [0, 0.1) is 6.92 Å². The average Bonchev–Trinajstić information content (AvgIpc) is 3.10. The van der Waals surface area contributed by atoms with Crippen molar-refractivity contribution in [2.45, 2.75) is 18.7 Å². The summed E-state index contributed by atoms with van der Waals surface area (Å²) in [4.78, 5) is 12.2. The van der Waals surface area contributed by atoms with Crippen molar-refractivity contribution in [3.8, 4) is 0 Å². The number of sulfonamides is 1. The fourth-order valence-corrected chi connectivity index (χ4v) is 4.06. The number of carbonyl (C=O) groups excluding carboxylic acids is 1. The normalized spacial score (nSPS) is 11.2. The Bertz CT molecular complexity index is 1030. The molecule has 0 spiro atoms. The Morgan fingerprint density at radius 3 is 2.33 bits per heavy atom. The van der Waals surface area contributed by atoms with E-state index in [2.05, 4.69) is 10.5 Å². The number of benzene rings is 2. The van der Waals surface area contributed by atoms with Crippen LogP contribution in [-0.2, 0) is 10.0 Å². The minimum Gasteiger partial charge on any atom is -0.351 e. The fourth-order valence-electron chi connectivity index (χ4n) is 2.59. The van der Waals surface area contributed by atoms with Crippen molar-refractivity contribution in [1.29, 1.82) is 0 Å². The molecule has 0 aliphatic rings. The first-order chi connectivity index (χ1) is 12.9. The number of aryl methyl sites for hydroxylation is 1. The average molecular weight is 385 g/mol. The Hall–Kier alpha value is -3.13. The van der Waals surface area contributed by atoms with Gasteiger partial charge in [0.05, 0.1) is 16.3 Å². The highest BCUT2D eigenvalue weighted by Crippen LogP contribution is 2.24. The maximum absolute atomic E-state index is 12.9. The third kappa shape index (κ3) is 4.01. The lowest BCUT2D eigenvalue weighted by Gasteiger charge is -2.23. The first-order valence-corrected chi connectivity index (χ1v) is 9.78. The van der Waals surface area contributed by atoms with Gasteiger partial charge in [-0.2, -0.15) is 0 Å². The van der Waals surface area contributed by atoms with E-state index in [4.69, 9.17) is 4.52 Å². The SMILES string of the molecule is CCN(c1ccccc1)S(=O)(=O)c1ccc(NC(=O)c2cc(C)no2)cc1. The second kappa shape index (κ2) is 7.63. The zero-order valence-electron chi connectivity index (χ0n) is 14.9. The molecule has 7 nitrogen and oxygen atoms in total. The van der Waals surface area contributed by atoms with Crippen molar-refractivity contribution >= 4 is 27.3 Å². The quantitative estimate of drug-likeness (QED) is 0.701. The molecular formula is C19H19N3O4S. The lowest BCUT2D eigenvalue weighted by Crippen LogP contribution is -2.30. The van der Waals surface area contributed by atoms with E-state index < -0.39 is 15.9 Å². The van der Waals surface area contributed by atoms with E-state index >= 15 is 0 Å². The van der Waals surface area contributed by atoms with Gasteiger partial charge in [-0.25, -0.2) is 8.42 Å². The Morgan fingerprint density at radius 2 is 1.78 bits per heavy atom. The van der Waals surface area contributed by atoms with Gasteiger partial charge in [-0.15, -0.1) is 0 Å². The van der Waals surface area contributed by atoms with Crippen LogP contribution >= 0.6 is 0 Å². The summed E-state index contributed by atoms with van der Waals surface area (Å²) in [5.41, 5.74) is 1.65. The third-order valence-corrected chi connectivity index (χ3v) is 5.80. The molecule has 1 aromatic heterocycles. The molecule has 140 valence electrons. The summed E-state index contributed by atoms with van der Waals surface area (Å²) in [5.74, 6) is -0.365. The first-order valence-electron chi connectivity index (χ1n) is 8.34. The minimum atomic E-state index is -3.71. The Balaban J connectivity index is 1.80. The highest BCUT2D eigenvalue weighted by Gasteiger charge is 2.23. The van der Waals surface area contributed by atoms with Crippen molar-refractivity contribution < 1.29 is 17.7 Å². The number of carbonyl (C=O) groups is 1. The summed E-state index contributed by atoms with van der Waals surface area (Å²) < 4.78 is 32.1. The lowest BCUT2D eigenvalue weighted by molar-refractivity contribution is 0.0988. The van der Waals surface area contributed by atoms with E-state index in [1.807, 2.05) is 6.07 Å². The summed E-state index contributed by atoms with van der Waals surface area (Å²) in [6.07, 6.45) is 0. The standard InChI is InChI=1S/C19H19N3O4S/c1-3-22(16-7-5-4-6-8-16)27(24,25)17-11-9-15(10-12-17)20-19(23)18-13-14(2)21-26-18/h4-13H,3H2,1-2H3,(H,20,23). The van der Waals surface area contributed by atoms with Gasteiger partial charge in [-0.3, -0.25) is 9.10 Å². The Labute approximate surface area is 157 Å². The van der Waals surface area contributed by atoms with E-state index in [-0.39, 0.29) is 10.7 Å². The molecule has 3 aromatic rings. The molecule has 0 aliphatic heterocycles. The second-order valence-electron chi connectivity index (χ2n) is 5.82. The van der Waals surface area contributed by atoms with Crippen LogP contribution in [0.25, 0.3) is 0 Å². The van der Waals surface area contributed by atoms with E-state index in [9.17, 15) is 13.2 Å². The van der Waals surface area contributed by atoms with Crippen LogP contribution in [0.2, 0.25) is 0 Å². The van der Waals surface area contributed by atoms with Gasteiger partial charge in [-0.05, 0) is 50.2 Å². The highest BCUT2D eigenvalue weighted by atomic mass is 32.2. The molecule has 0 bridgehead atoms. The molecule has 27 heavy (non-hydrogen) atoms. The van der Waals surface area contributed by atoms with Gasteiger partial charge in [0.2, 0.25) is 5.76 Å². The maximum Gasteiger partial charge on any atom is 0.294 e. The molecular weight excluding hydrogens is 366 g/mol. The Kier molecular flexibility index (Phi) is 5.27. The predicted molar refractivity (Wildman–Crippen MR) is 102 cm³/mol. The van der Waals surface area contributed by atoms with E-state index in [0.717, 1.165) is 0 Å². The number of hydrogen-bond acceptors (Lipinski definition) is 5. The molecule has 1 heterocycles. The van der Waals surface area contributed by atoms with Crippen molar-refractivity contribution in [2.75, 3.05) is 16.2 Å². The summed E-state index contributed by atoms with van der Waals surface area (Å²) >= 11 is 0. The number of aromatic nitrogens is 1. The number of hydrogen-bond donors (Lipinski definition) is 1. The molecule has 1 N–H and O–H groups in total. The van der Waals surface area contributed by atoms with Gasteiger partial charge in [0.15, 0.2) is 0 Å². The van der Waals surface area contributed by atoms with Gasteiger partial charge in [0.1, 0.15) is 0 Å². The van der Waals surface area contributed by atoms with Gasteiger partial charge >= 0.3 is 0 Å². The maximum atomic E-state index is 12.9. The minimum absolute atomic E-state index is 0.0884. The van der Waals surface area contributed by atoms with Gasteiger partial charge < -0.3 is 9.84 Å². The summed E-state index contributed by atoms with van der Waals surface area (Å²) in [6, 6.07) is 16.4. The van der Waals surface area contributed by atoms with Crippen LogP contribution < -0.4 is 9.62 Å². The van der Waals surface area contributed by atoms with Gasteiger partial charge in [-0.1, -0.05) is 23.4 Å². The topological polar surface area (TPSA) is 92.5 Å².